The van der Waals surface area contributed by atoms with E-state index in [1.807, 2.05) is 18.2 Å². The summed E-state index contributed by atoms with van der Waals surface area (Å²) in [5, 5.41) is 4.86. The lowest BCUT2D eigenvalue weighted by atomic mass is 10.0. The Hall–Kier alpha value is -3.07. The third-order valence-electron chi connectivity index (χ3n) is 6.21. The van der Waals surface area contributed by atoms with Crippen LogP contribution in [-0.2, 0) is 0 Å². The fraction of sp³-hybridized carbons (Fsp3) is 0.208. The van der Waals surface area contributed by atoms with Gasteiger partial charge in [-0.2, -0.15) is 13.7 Å². The predicted molar refractivity (Wildman–Crippen MR) is 137 cm³/mol. The first kappa shape index (κ1) is 21.5. The Morgan fingerprint density at radius 2 is 1.76 bits per heavy atom. The predicted octanol–water partition coefficient (Wildman–Crippen LogP) is 6.63. The van der Waals surface area contributed by atoms with Crippen molar-refractivity contribution in [2.24, 2.45) is 0 Å². The van der Waals surface area contributed by atoms with E-state index in [4.69, 9.17) is 28.2 Å². The number of aromatic nitrogens is 5. The van der Waals surface area contributed by atoms with E-state index >= 15 is 0 Å². The highest BCUT2D eigenvalue weighted by Gasteiger charge is 2.24. The van der Waals surface area contributed by atoms with Gasteiger partial charge in [-0.3, -0.25) is 9.36 Å². The summed E-state index contributed by atoms with van der Waals surface area (Å²) in [4.78, 5) is 23.1. The molecule has 1 saturated carbocycles. The number of halogens is 2. The molecule has 1 aliphatic rings. The van der Waals surface area contributed by atoms with Crippen LogP contribution in [0.2, 0.25) is 10.0 Å². The Morgan fingerprint density at radius 1 is 1.00 bits per heavy atom. The Labute approximate surface area is 208 Å². The minimum absolute atomic E-state index is 0.0661. The van der Waals surface area contributed by atoms with Crippen LogP contribution >= 0.6 is 34.9 Å². The zero-order valence-electron chi connectivity index (χ0n) is 17.8. The average Bonchev–Trinajstić information content (AvgIpc) is 3.51. The van der Waals surface area contributed by atoms with Gasteiger partial charge in [0.15, 0.2) is 0 Å². The molecule has 1 aliphatic carbocycles. The maximum absolute atomic E-state index is 13.8. The van der Waals surface area contributed by atoms with Gasteiger partial charge in [0.1, 0.15) is 16.7 Å². The largest absolute Gasteiger partial charge is 0.324 e. The number of anilines is 2. The summed E-state index contributed by atoms with van der Waals surface area (Å²) in [6, 6.07) is 12.8. The first-order chi connectivity index (χ1) is 16.6. The molecule has 10 heteroatoms. The first-order valence-electron chi connectivity index (χ1n) is 10.9. The standard InChI is InChI=1S/C24H18Cl2N6OS/c25-17-6-3-7-18(26)21(17)16-10-13-12-27-24(28-14-8-9-19-20(11-14)31-34-30-19)29-22(13)32(23(16)33)15-4-1-2-5-15/h3,6-12,15H,1-2,4-5H2,(H,27,28,29). The molecule has 0 spiro atoms. The van der Waals surface area contributed by atoms with E-state index in [1.165, 1.54) is 11.7 Å². The van der Waals surface area contributed by atoms with Crippen molar-refractivity contribution in [2.45, 2.75) is 31.7 Å². The highest BCUT2D eigenvalue weighted by Crippen LogP contribution is 2.36. The van der Waals surface area contributed by atoms with Gasteiger partial charge in [-0.05, 0) is 49.2 Å². The fourth-order valence-corrected chi connectivity index (χ4v) is 5.72. The van der Waals surface area contributed by atoms with Gasteiger partial charge in [0.05, 0.1) is 27.3 Å². The molecule has 3 heterocycles. The molecule has 34 heavy (non-hydrogen) atoms. The zero-order chi connectivity index (χ0) is 23.2. The van der Waals surface area contributed by atoms with Gasteiger partial charge in [0, 0.05) is 28.9 Å². The van der Waals surface area contributed by atoms with E-state index in [0.29, 0.717) is 32.8 Å². The van der Waals surface area contributed by atoms with Crippen LogP contribution in [0.25, 0.3) is 33.2 Å². The van der Waals surface area contributed by atoms with Gasteiger partial charge in [-0.1, -0.05) is 42.1 Å². The van der Waals surface area contributed by atoms with Crippen LogP contribution in [0.1, 0.15) is 31.7 Å². The molecule has 1 fully saturated rings. The number of pyridine rings is 1. The number of rotatable bonds is 4. The van der Waals surface area contributed by atoms with E-state index in [1.54, 1.807) is 35.0 Å². The molecular formula is C24H18Cl2N6OS. The minimum Gasteiger partial charge on any atom is -0.324 e. The number of hydrogen-bond donors (Lipinski definition) is 1. The highest BCUT2D eigenvalue weighted by atomic mass is 35.5. The fourth-order valence-electron chi connectivity index (χ4n) is 4.60. The van der Waals surface area contributed by atoms with Crippen molar-refractivity contribution in [1.29, 1.82) is 0 Å². The van der Waals surface area contributed by atoms with E-state index in [2.05, 4.69) is 19.0 Å². The molecule has 6 rings (SSSR count). The van der Waals surface area contributed by atoms with Crippen LogP contribution in [0.3, 0.4) is 0 Å². The molecule has 0 atom stereocenters. The van der Waals surface area contributed by atoms with Crippen LogP contribution in [0.15, 0.2) is 53.5 Å². The lowest BCUT2D eigenvalue weighted by Gasteiger charge is -2.19. The van der Waals surface area contributed by atoms with Crippen molar-refractivity contribution in [3.63, 3.8) is 0 Å². The molecule has 5 aromatic rings. The number of nitrogens with one attached hydrogen (secondary N) is 1. The lowest BCUT2D eigenvalue weighted by molar-refractivity contribution is 0.516. The first-order valence-corrected chi connectivity index (χ1v) is 12.4. The molecule has 1 N–H and O–H groups in total. The van der Waals surface area contributed by atoms with E-state index in [-0.39, 0.29) is 11.6 Å². The Bertz CT molecular complexity index is 1590. The highest BCUT2D eigenvalue weighted by molar-refractivity contribution is 7.00. The van der Waals surface area contributed by atoms with Crippen LogP contribution in [-0.4, -0.2) is 23.3 Å². The van der Waals surface area contributed by atoms with Crippen molar-refractivity contribution >= 4 is 68.6 Å². The van der Waals surface area contributed by atoms with Crippen molar-refractivity contribution in [3.05, 3.63) is 69.1 Å². The van der Waals surface area contributed by atoms with Gasteiger partial charge in [-0.25, -0.2) is 4.98 Å². The van der Waals surface area contributed by atoms with Crippen LogP contribution in [0, 0.1) is 0 Å². The summed E-state index contributed by atoms with van der Waals surface area (Å²) in [6.07, 6.45) is 5.73. The Kier molecular flexibility index (Phi) is 5.44. The van der Waals surface area contributed by atoms with Gasteiger partial charge in [0.25, 0.3) is 5.56 Å². The number of hydrogen-bond acceptors (Lipinski definition) is 7. The van der Waals surface area contributed by atoms with Crippen molar-refractivity contribution in [3.8, 4) is 11.1 Å². The maximum Gasteiger partial charge on any atom is 0.260 e. The van der Waals surface area contributed by atoms with E-state index in [9.17, 15) is 4.79 Å². The van der Waals surface area contributed by atoms with E-state index < -0.39 is 0 Å². The summed E-state index contributed by atoms with van der Waals surface area (Å²) >= 11 is 14.1. The van der Waals surface area contributed by atoms with Crippen LogP contribution in [0.5, 0.6) is 0 Å². The topological polar surface area (TPSA) is 85.6 Å². The third kappa shape index (κ3) is 3.72. The van der Waals surface area contributed by atoms with Crippen LogP contribution in [0.4, 0.5) is 11.6 Å². The molecule has 0 radical (unpaired) electrons. The molecule has 0 amide bonds. The lowest BCUT2D eigenvalue weighted by Crippen LogP contribution is -2.26. The molecule has 0 aliphatic heterocycles. The quantitative estimate of drug-likeness (QED) is 0.293. The molecule has 170 valence electrons. The summed E-state index contributed by atoms with van der Waals surface area (Å²) in [5.41, 5.74) is 3.90. The normalized spacial score (nSPS) is 14.3. The molecule has 7 nitrogen and oxygen atoms in total. The summed E-state index contributed by atoms with van der Waals surface area (Å²) in [5.74, 6) is 0.407. The van der Waals surface area contributed by atoms with Crippen molar-refractivity contribution in [1.82, 2.24) is 23.3 Å². The summed E-state index contributed by atoms with van der Waals surface area (Å²) < 4.78 is 10.3. The summed E-state index contributed by atoms with van der Waals surface area (Å²) in [6.45, 7) is 0. The van der Waals surface area contributed by atoms with Crippen molar-refractivity contribution in [2.75, 3.05) is 5.32 Å². The van der Waals surface area contributed by atoms with Gasteiger partial charge in [-0.15, -0.1) is 0 Å². The maximum atomic E-state index is 13.8. The summed E-state index contributed by atoms with van der Waals surface area (Å²) in [7, 11) is 0. The zero-order valence-corrected chi connectivity index (χ0v) is 20.2. The molecular weight excluding hydrogens is 491 g/mol. The molecule has 2 aromatic carbocycles. The van der Waals surface area contributed by atoms with Gasteiger partial charge < -0.3 is 5.32 Å². The number of benzene rings is 2. The van der Waals surface area contributed by atoms with E-state index in [0.717, 1.165) is 47.8 Å². The number of fused-ring (bicyclic) bond motifs is 2. The molecule has 0 saturated heterocycles. The number of nitrogens with zero attached hydrogens (tertiary/aromatic N) is 5. The molecule has 0 bridgehead atoms. The Balaban J connectivity index is 1.51. The second-order valence-electron chi connectivity index (χ2n) is 8.33. The third-order valence-corrected chi connectivity index (χ3v) is 7.39. The second-order valence-corrected chi connectivity index (χ2v) is 9.68. The smallest absolute Gasteiger partial charge is 0.260 e. The van der Waals surface area contributed by atoms with Gasteiger partial charge >= 0.3 is 0 Å². The second kappa shape index (κ2) is 8.61. The molecule has 3 aromatic heterocycles. The minimum atomic E-state index is -0.144. The van der Waals surface area contributed by atoms with Crippen molar-refractivity contribution < 1.29 is 0 Å². The average molecular weight is 509 g/mol. The monoisotopic (exact) mass is 508 g/mol. The van der Waals surface area contributed by atoms with Gasteiger partial charge in [0.2, 0.25) is 5.95 Å². The van der Waals surface area contributed by atoms with Crippen LogP contribution < -0.4 is 10.9 Å². The Morgan fingerprint density at radius 3 is 2.56 bits per heavy atom. The SMILES string of the molecule is O=c1c(-c2c(Cl)cccc2Cl)cc2cnc(Nc3ccc4nsnc4c3)nc2n1C1CCCC1. The molecule has 0 unspecified atom stereocenters.